The van der Waals surface area contributed by atoms with Crippen LogP contribution in [-0.4, -0.2) is 40.7 Å². The summed E-state index contributed by atoms with van der Waals surface area (Å²) in [4.78, 5) is 22.4. The highest BCUT2D eigenvalue weighted by atomic mass is 16.7. The minimum absolute atomic E-state index is 0.0382. The molecule has 1 fully saturated rings. The summed E-state index contributed by atoms with van der Waals surface area (Å²) in [7, 11) is 0. The molecule has 4 rings (SSSR count). The lowest BCUT2D eigenvalue weighted by Crippen LogP contribution is -2.39. The number of imidazole rings is 1. The van der Waals surface area contributed by atoms with Crippen LogP contribution in [0.25, 0.3) is 0 Å². The SMILES string of the molecule is Cc1cnc([C@@H]2CCCN(C(=O)c3ccc4c(c3)OCO4)C2)[nH]1. The zero-order valence-corrected chi connectivity index (χ0v) is 13.0. The number of nitrogens with one attached hydrogen (secondary N) is 1. The van der Waals surface area contributed by atoms with Gasteiger partial charge >= 0.3 is 0 Å². The molecular formula is C17H19N3O3. The summed E-state index contributed by atoms with van der Waals surface area (Å²) in [5, 5.41) is 0. The molecule has 2 aromatic rings. The van der Waals surface area contributed by atoms with Crippen LogP contribution in [-0.2, 0) is 0 Å². The van der Waals surface area contributed by atoms with E-state index in [1.54, 1.807) is 18.2 Å². The van der Waals surface area contributed by atoms with Crippen LogP contribution in [0.5, 0.6) is 11.5 Å². The maximum Gasteiger partial charge on any atom is 0.254 e. The van der Waals surface area contributed by atoms with Gasteiger partial charge in [0.15, 0.2) is 11.5 Å². The quantitative estimate of drug-likeness (QED) is 0.925. The van der Waals surface area contributed by atoms with Crippen LogP contribution < -0.4 is 9.47 Å². The van der Waals surface area contributed by atoms with Gasteiger partial charge in [0.1, 0.15) is 5.82 Å². The molecule has 0 spiro atoms. The lowest BCUT2D eigenvalue weighted by molar-refractivity contribution is 0.0704. The largest absolute Gasteiger partial charge is 0.454 e. The molecular weight excluding hydrogens is 294 g/mol. The van der Waals surface area contributed by atoms with Crippen molar-refractivity contribution >= 4 is 5.91 Å². The molecule has 0 saturated carbocycles. The monoisotopic (exact) mass is 313 g/mol. The van der Waals surface area contributed by atoms with Gasteiger partial charge in [0, 0.05) is 36.5 Å². The number of benzene rings is 1. The third-order valence-electron chi connectivity index (χ3n) is 4.44. The molecule has 1 aromatic heterocycles. The third-order valence-corrected chi connectivity index (χ3v) is 4.44. The van der Waals surface area contributed by atoms with Gasteiger partial charge in [-0.05, 0) is 38.0 Å². The molecule has 1 aromatic carbocycles. The number of nitrogens with zero attached hydrogens (tertiary/aromatic N) is 2. The van der Waals surface area contributed by atoms with Crippen molar-refractivity contribution < 1.29 is 14.3 Å². The molecule has 120 valence electrons. The topological polar surface area (TPSA) is 67.5 Å². The molecule has 1 amide bonds. The second-order valence-corrected chi connectivity index (χ2v) is 6.11. The number of amides is 1. The molecule has 0 radical (unpaired) electrons. The summed E-state index contributed by atoms with van der Waals surface area (Å²) in [6.45, 7) is 3.69. The summed E-state index contributed by atoms with van der Waals surface area (Å²) in [6.07, 6.45) is 3.88. The van der Waals surface area contributed by atoms with Crippen LogP contribution in [0, 0.1) is 6.92 Å². The van der Waals surface area contributed by atoms with Crippen molar-refractivity contribution in [2.24, 2.45) is 0 Å². The summed E-state index contributed by atoms with van der Waals surface area (Å²) >= 11 is 0. The van der Waals surface area contributed by atoms with Crippen molar-refractivity contribution in [2.75, 3.05) is 19.9 Å². The van der Waals surface area contributed by atoms with Gasteiger partial charge in [-0.15, -0.1) is 0 Å². The number of H-pyrrole nitrogens is 1. The standard InChI is InChI=1S/C17H19N3O3/c1-11-8-18-16(19-11)13-3-2-6-20(9-13)17(21)12-4-5-14-15(7-12)23-10-22-14/h4-5,7-8,13H,2-3,6,9-10H2,1H3,(H,18,19)/t13-/m1/s1. The first-order valence-electron chi connectivity index (χ1n) is 7.91. The Balaban J connectivity index is 1.51. The first-order chi connectivity index (χ1) is 11.2. The zero-order chi connectivity index (χ0) is 15.8. The highest BCUT2D eigenvalue weighted by Gasteiger charge is 2.28. The maximum atomic E-state index is 12.8. The van der Waals surface area contributed by atoms with Gasteiger partial charge in [0.25, 0.3) is 5.91 Å². The average Bonchev–Trinajstić information content (AvgIpc) is 3.22. The lowest BCUT2D eigenvalue weighted by Gasteiger charge is -2.32. The molecule has 6 nitrogen and oxygen atoms in total. The molecule has 23 heavy (non-hydrogen) atoms. The van der Waals surface area contributed by atoms with E-state index in [1.165, 1.54) is 0 Å². The first kappa shape index (κ1) is 14.1. The summed E-state index contributed by atoms with van der Waals surface area (Å²) in [5.74, 6) is 2.63. The van der Waals surface area contributed by atoms with Crippen molar-refractivity contribution in [2.45, 2.75) is 25.7 Å². The van der Waals surface area contributed by atoms with Crippen LogP contribution in [0.1, 0.15) is 40.6 Å². The van der Waals surface area contributed by atoms with E-state index in [4.69, 9.17) is 9.47 Å². The number of fused-ring (bicyclic) bond motifs is 1. The molecule has 3 heterocycles. The zero-order valence-electron chi connectivity index (χ0n) is 13.0. The second kappa shape index (κ2) is 5.61. The van der Waals surface area contributed by atoms with E-state index >= 15 is 0 Å². The Morgan fingerprint density at radius 3 is 3.04 bits per heavy atom. The summed E-state index contributed by atoms with van der Waals surface area (Å²) < 4.78 is 10.7. The highest BCUT2D eigenvalue weighted by Crippen LogP contribution is 2.33. The Morgan fingerprint density at radius 1 is 1.35 bits per heavy atom. The number of carbonyl (C=O) groups is 1. The van der Waals surface area contributed by atoms with Gasteiger partial charge in [0.2, 0.25) is 6.79 Å². The Bertz CT molecular complexity index is 740. The van der Waals surface area contributed by atoms with Gasteiger partial charge in [0.05, 0.1) is 0 Å². The van der Waals surface area contributed by atoms with Crippen LogP contribution in [0.15, 0.2) is 24.4 Å². The number of carbonyl (C=O) groups excluding carboxylic acids is 1. The van der Waals surface area contributed by atoms with Crippen molar-refractivity contribution in [3.05, 3.63) is 41.5 Å². The molecule has 2 aliphatic heterocycles. The second-order valence-electron chi connectivity index (χ2n) is 6.11. The fourth-order valence-electron chi connectivity index (χ4n) is 3.24. The van der Waals surface area contributed by atoms with Crippen molar-refractivity contribution in [1.29, 1.82) is 0 Å². The molecule has 0 bridgehead atoms. The normalized spacial score (nSPS) is 19.9. The number of rotatable bonds is 2. The molecule has 1 saturated heterocycles. The van der Waals surface area contributed by atoms with E-state index in [9.17, 15) is 4.79 Å². The van der Waals surface area contributed by atoms with E-state index in [1.807, 2.05) is 18.0 Å². The number of aryl methyl sites for hydroxylation is 1. The number of hydrogen-bond donors (Lipinski definition) is 1. The molecule has 1 atom stereocenters. The molecule has 2 aliphatic rings. The Labute approximate surface area is 134 Å². The number of aromatic amines is 1. The van der Waals surface area contributed by atoms with Gasteiger partial charge in [-0.3, -0.25) is 4.79 Å². The van der Waals surface area contributed by atoms with E-state index in [0.29, 0.717) is 23.6 Å². The van der Waals surface area contributed by atoms with E-state index in [-0.39, 0.29) is 18.6 Å². The number of piperidine rings is 1. The third kappa shape index (κ3) is 2.65. The fourth-order valence-corrected chi connectivity index (χ4v) is 3.24. The average molecular weight is 313 g/mol. The van der Waals surface area contributed by atoms with Crippen molar-refractivity contribution in [3.63, 3.8) is 0 Å². The van der Waals surface area contributed by atoms with Gasteiger partial charge in [-0.25, -0.2) is 4.98 Å². The Kier molecular flexibility index (Phi) is 3.44. The summed E-state index contributed by atoms with van der Waals surface area (Å²) in [5.41, 5.74) is 1.70. The van der Waals surface area contributed by atoms with E-state index < -0.39 is 0 Å². The number of hydrogen-bond acceptors (Lipinski definition) is 4. The Hall–Kier alpha value is -2.50. The summed E-state index contributed by atoms with van der Waals surface area (Å²) in [6, 6.07) is 5.37. The van der Waals surface area contributed by atoms with Gasteiger partial charge in [-0.1, -0.05) is 0 Å². The Morgan fingerprint density at radius 2 is 2.22 bits per heavy atom. The highest BCUT2D eigenvalue weighted by molar-refractivity contribution is 5.95. The van der Waals surface area contributed by atoms with Crippen LogP contribution >= 0.6 is 0 Å². The van der Waals surface area contributed by atoms with Gasteiger partial charge in [-0.2, -0.15) is 0 Å². The van der Waals surface area contributed by atoms with Crippen molar-refractivity contribution in [1.82, 2.24) is 14.9 Å². The number of ether oxygens (including phenoxy) is 2. The maximum absolute atomic E-state index is 12.8. The molecule has 6 heteroatoms. The van der Waals surface area contributed by atoms with Gasteiger partial charge < -0.3 is 19.4 Å². The predicted octanol–water partition coefficient (Wildman–Crippen LogP) is 2.47. The predicted molar refractivity (Wildman–Crippen MR) is 83.8 cm³/mol. The molecule has 0 aliphatic carbocycles. The lowest BCUT2D eigenvalue weighted by atomic mass is 9.96. The number of aromatic nitrogens is 2. The van der Waals surface area contributed by atoms with E-state index in [2.05, 4.69) is 9.97 Å². The first-order valence-corrected chi connectivity index (χ1v) is 7.91. The van der Waals surface area contributed by atoms with Crippen molar-refractivity contribution in [3.8, 4) is 11.5 Å². The number of likely N-dealkylation sites (tertiary alicyclic amines) is 1. The molecule has 1 N–H and O–H groups in total. The van der Waals surface area contributed by atoms with Crippen LogP contribution in [0.2, 0.25) is 0 Å². The van der Waals surface area contributed by atoms with E-state index in [0.717, 1.165) is 30.9 Å². The molecule has 0 unspecified atom stereocenters. The smallest absolute Gasteiger partial charge is 0.254 e. The minimum atomic E-state index is 0.0382. The van der Waals surface area contributed by atoms with Crippen LogP contribution in [0.4, 0.5) is 0 Å². The fraction of sp³-hybridized carbons (Fsp3) is 0.412. The van der Waals surface area contributed by atoms with Crippen LogP contribution in [0.3, 0.4) is 0 Å². The minimum Gasteiger partial charge on any atom is -0.454 e.